The summed E-state index contributed by atoms with van der Waals surface area (Å²) >= 11 is 7.64. The number of fused-ring (bicyclic) bond motifs is 1. The topological polar surface area (TPSA) is 56.1 Å². The fourth-order valence-electron chi connectivity index (χ4n) is 4.22. The molecule has 188 valence electrons. The largest absolute Gasteiger partial charge is 0.497 e. The molecule has 0 atom stereocenters. The van der Waals surface area contributed by atoms with Crippen LogP contribution in [-0.2, 0) is 13.0 Å². The van der Waals surface area contributed by atoms with Crippen LogP contribution in [0.25, 0.3) is 16.2 Å². The fraction of sp³-hybridized carbons (Fsp3) is 0.172. The molecular formula is C29H26ClN3O3S. The summed E-state index contributed by atoms with van der Waals surface area (Å²) in [5, 5.41) is 2.80. The van der Waals surface area contributed by atoms with Crippen molar-refractivity contribution < 1.29 is 14.3 Å². The summed E-state index contributed by atoms with van der Waals surface area (Å²) < 4.78 is 12.9. The highest BCUT2D eigenvalue weighted by Crippen LogP contribution is 2.28. The minimum absolute atomic E-state index is 0.0951. The third kappa shape index (κ3) is 5.48. The van der Waals surface area contributed by atoms with E-state index in [9.17, 15) is 4.79 Å². The molecule has 8 heteroatoms. The van der Waals surface area contributed by atoms with Gasteiger partial charge in [-0.15, -0.1) is 11.3 Å². The van der Waals surface area contributed by atoms with E-state index >= 15 is 0 Å². The molecule has 0 saturated heterocycles. The molecule has 2 heterocycles. The van der Waals surface area contributed by atoms with E-state index < -0.39 is 0 Å². The van der Waals surface area contributed by atoms with Crippen LogP contribution in [0.3, 0.4) is 0 Å². The Hall–Kier alpha value is -3.81. The smallest absolute Gasteiger partial charge is 0.257 e. The minimum atomic E-state index is -0.0951. The molecule has 0 aliphatic rings. The second-order valence-electron chi connectivity index (χ2n) is 8.54. The first-order valence-electron chi connectivity index (χ1n) is 11.8. The van der Waals surface area contributed by atoms with Crippen molar-refractivity contribution in [3.05, 3.63) is 106 Å². The Balaban J connectivity index is 1.41. The van der Waals surface area contributed by atoms with Crippen LogP contribution in [-0.4, -0.2) is 41.0 Å². The number of rotatable bonds is 9. The highest BCUT2D eigenvalue weighted by Gasteiger charge is 2.21. The highest BCUT2D eigenvalue weighted by atomic mass is 35.5. The lowest BCUT2D eigenvalue weighted by molar-refractivity contribution is 0.0741. The van der Waals surface area contributed by atoms with Crippen LogP contribution in [0.4, 0.5) is 0 Å². The van der Waals surface area contributed by atoms with E-state index in [-0.39, 0.29) is 5.91 Å². The van der Waals surface area contributed by atoms with Crippen LogP contribution >= 0.6 is 22.9 Å². The molecule has 0 spiro atoms. The van der Waals surface area contributed by atoms with Crippen molar-refractivity contribution in [3.63, 3.8) is 0 Å². The number of amides is 1. The molecule has 0 unspecified atom stereocenters. The van der Waals surface area contributed by atoms with Crippen LogP contribution < -0.4 is 9.47 Å². The van der Waals surface area contributed by atoms with Crippen molar-refractivity contribution in [2.45, 2.75) is 13.0 Å². The van der Waals surface area contributed by atoms with E-state index in [4.69, 9.17) is 26.1 Å². The van der Waals surface area contributed by atoms with Crippen molar-refractivity contribution in [1.82, 2.24) is 14.3 Å². The molecule has 2 aromatic heterocycles. The lowest BCUT2D eigenvalue weighted by atomic mass is 10.1. The summed E-state index contributed by atoms with van der Waals surface area (Å²) in [5.41, 5.74) is 4.57. The number of thiazole rings is 1. The quantitative estimate of drug-likeness (QED) is 0.214. The Kier molecular flexibility index (Phi) is 7.44. The van der Waals surface area contributed by atoms with Gasteiger partial charge in [0.1, 0.15) is 11.5 Å². The molecular weight excluding hydrogens is 506 g/mol. The van der Waals surface area contributed by atoms with Crippen LogP contribution in [0, 0.1) is 0 Å². The number of hydrogen-bond donors (Lipinski definition) is 0. The maximum Gasteiger partial charge on any atom is 0.257 e. The van der Waals surface area contributed by atoms with Gasteiger partial charge in [-0.3, -0.25) is 9.20 Å². The summed E-state index contributed by atoms with van der Waals surface area (Å²) in [7, 11) is 3.15. The number of imidazole rings is 1. The Morgan fingerprint density at radius 3 is 2.54 bits per heavy atom. The summed E-state index contributed by atoms with van der Waals surface area (Å²) in [4.78, 5) is 21.3. The van der Waals surface area contributed by atoms with E-state index in [0.717, 1.165) is 27.5 Å². The number of halogens is 1. The van der Waals surface area contributed by atoms with Gasteiger partial charge < -0.3 is 14.4 Å². The maximum atomic E-state index is 13.7. The van der Waals surface area contributed by atoms with Gasteiger partial charge >= 0.3 is 0 Å². The second kappa shape index (κ2) is 11.1. The Morgan fingerprint density at radius 1 is 1.03 bits per heavy atom. The predicted octanol–water partition coefficient (Wildman–Crippen LogP) is 6.62. The van der Waals surface area contributed by atoms with Gasteiger partial charge in [-0.05, 0) is 29.8 Å². The Labute approximate surface area is 224 Å². The van der Waals surface area contributed by atoms with Crippen LogP contribution in [0.15, 0.2) is 84.4 Å². The summed E-state index contributed by atoms with van der Waals surface area (Å²) in [6.45, 7) is 1.02. The van der Waals surface area contributed by atoms with Gasteiger partial charge in [-0.25, -0.2) is 4.98 Å². The zero-order valence-corrected chi connectivity index (χ0v) is 22.1. The van der Waals surface area contributed by atoms with Crippen LogP contribution in [0.1, 0.15) is 21.6 Å². The first kappa shape index (κ1) is 24.9. The van der Waals surface area contributed by atoms with E-state index in [0.29, 0.717) is 41.6 Å². The van der Waals surface area contributed by atoms with Gasteiger partial charge in [0.2, 0.25) is 0 Å². The maximum absolute atomic E-state index is 13.7. The molecule has 0 bridgehead atoms. The third-order valence-electron chi connectivity index (χ3n) is 6.20. The molecule has 0 radical (unpaired) electrons. The molecule has 1 amide bonds. The highest BCUT2D eigenvalue weighted by molar-refractivity contribution is 7.15. The minimum Gasteiger partial charge on any atom is -0.497 e. The van der Waals surface area contributed by atoms with E-state index in [1.807, 2.05) is 65.7 Å². The number of carbonyl (C=O) groups is 1. The lowest BCUT2D eigenvalue weighted by Crippen LogP contribution is -2.33. The zero-order chi connectivity index (χ0) is 25.8. The van der Waals surface area contributed by atoms with Gasteiger partial charge in [-0.1, -0.05) is 54.1 Å². The van der Waals surface area contributed by atoms with E-state index in [1.165, 1.54) is 0 Å². The molecule has 37 heavy (non-hydrogen) atoms. The number of aromatic nitrogens is 2. The number of hydrogen-bond acceptors (Lipinski definition) is 5. The molecule has 0 fully saturated rings. The van der Waals surface area contributed by atoms with Gasteiger partial charge in [-0.2, -0.15) is 0 Å². The number of carbonyl (C=O) groups excluding carboxylic acids is 1. The number of nitrogens with zero attached hydrogens (tertiary/aromatic N) is 3. The number of benzene rings is 3. The van der Waals surface area contributed by atoms with Crippen molar-refractivity contribution in [3.8, 4) is 22.8 Å². The standard InChI is InChI=1S/C29H26ClN3O3S/c1-35-24-12-13-25(27(16-24)36-2)28(34)32(17-20-6-4-3-5-7-20)15-14-23-19-37-29-31-26(18-33(23)29)21-8-10-22(30)11-9-21/h3-13,16,18-19H,14-15,17H2,1-2H3. The van der Waals surface area contributed by atoms with Gasteiger partial charge in [0.05, 0.1) is 25.5 Å². The summed E-state index contributed by atoms with van der Waals surface area (Å²) in [6.07, 6.45) is 2.72. The van der Waals surface area contributed by atoms with Gasteiger partial charge in [0, 0.05) is 53.4 Å². The third-order valence-corrected chi connectivity index (χ3v) is 7.34. The van der Waals surface area contributed by atoms with Crippen LogP contribution in [0.5, 0.6) is 11.5 Å². The lowest BCUT2D eigenvalue weighted by Gasteiger charge is -2.24. The first-order valence-corrected chi connectivity index (χ1v) is 13.1. The van der Waals surface area contributed by atoms with E-state index in [2.05, 4.69) is 9.78 Å². The molecule has 0 saturated carbocycles. The molecule has 0 aliphatic heterocycles. The van der Waals surface area contributed by atoms with Crippen molar-refractivity contribution in [1.29, 1.82) is 0 Å². The van der Waals surface area contributed by atoms with Gasteiger partial charge in [0.15, 0.2) is 4.96 Å². The monoisotopic (exact) mass is 531 g/mol. The fourth-order valence-corrected chi connectivity index (χ4v) is 5.25. The Morgan fingerprint density at radius 2 is 1.81 bits per heavy atom. The second-order valence-corrected chi connectivity index (χ2v) is 9.81. The summed E-state index contributed by atoms with van der Waals surface area (Å²) in [5.74, 6) is 1.03. The molecule has 5 rings (SSSR count). The Bertz CT molecular complexity index is 1510. The number of methoxy groups -OCH3 is 2. The normalized spacial score (nSPS) is 11.0. The first-order chi connectivity index (χ1) is 18.1. The SMILES string of the molecule is COc1ccc(C(=O)N(CCc2csc3nc(-c4ccc(Cl)cc4)cn23)Cc2ccccc2)c(OC)c1. The van der Waals surface area contributed by atoms with Crippen molar-refractivity contribution in [2.24, 2.45) is 0 Å². The molecule has 5 aromatic rings. The molecule has 0 N–H and O–H groups in total. The van der Waals surface area contributed by atoms with Crippen molar-refractivity contribution >= 4 is 33.8 Å². The average molecular weight is 532 g/mol. The van der Waals surface area contributed by atoms with E-state index in [1.54, 1.807) is 43.8 Å². The molecule has 3 aromatic carbocycles. The predicted molar refractivity (Wildman–Crippen MR) is 148 cm³/mol. The van der Waals surface area contributed by atoms with Gasteiger partial charge in [0.25, 0.3) is 5.91 Å². The molecule has 6 nitrogen and oxygen atoms in total. The zero-order valence-electron chi connectivity index (χ0n) is 20.6. The van der Waals surface area contributed by atoms with Crippen molar-refractivity contribution in [2.75, 3.05) is 20.8 Å². The summed E-state index contributed by atoms with van der Waals surface area (Å²) in [6, 6.07) is 23.0. The van der Waals surface area contributed by atoms with Crippen LogP contribution in [0.2, 0.25) is 5.02 Å². The average Bonchev–Trinajstić information content (AvgIpc) is 3.52. The number of ether oxygens (including phenoxy) is 2. The molecule has 0 aliphatic carbocycles.